The highest BCUT2D eigenvalue weighted by molar-refractivity contribution is 6.12. The molecule has 1 atom stereocenters. The van der Waals surface area contributed by atoms with Crippen molar-refractivity contribution < 1.29 is 9.13 Å². The summed E-state index contributed by atoms with van der Waals surface area (Å²) in [6.45, 7) is 0. The van der Waals surface area contributed by atoms with E-state index in [9.17, 15) is 0 Å². The number of ether oxygens (including phenoxy) is 1. The van der Waals surface area contributed by atoms with Crippen molar-refractivity contribution in [3.05, 3.63) is 222 Å². The largest absolute Gasteiger partial charge is 0.456 e. The number of rotatable bonds is 6. The van der Waals surface area contributed by atoms with Crippen LogP contribution in [0.3, 0.4) is 0 Å². The zero-order chi connectivity index (χ0) is 38.1. The van der Waals surface area contributed by atoms with E-state index in [-0.39, 0.29) is 0 Å². The van der Waals surface area contributed by atoms with Crippen molar-refractivity contribution in [2.45, 2.75) is 11.6 Å². The Hall–Kier alpha value is -7.31. The second-order valence-corrected chi connectivity index (χ2v) is 14.7. The van der Waals surface area contributed by atoms with Gasteiger partial charge < -0.3 is 9.30 Å². The number of aromatic nitrogens is 4. The van der Waals surface area contributed by atoms with Crippen LogP contribution in [0.1, 0.15) is 39.6 Å². The van der Waals surface area contributed by atoms with Crippen LogP contribution in [0, 0.1) is 0 Å². The summed E-state index contributed by atoms with van der Waals surface area (Å²) in [6.07, 6.45) is 0.614. The minimum Gasteiger partial charge on any atom is -0.456 e. The van der Waals surface area contributed by atoms with Crippen molar-refractivity contribution in [1.82, 2.24) is 19.1 Å². The molecule has 5 nitrogen and oxygen atoms in total. The number of imidazole rings is 1. The molecule has 4 heterocycles. The molecule has 1 unspecified atom stereocenters. The molecule has 0 bridgehead atoms. The number of aryl methyl sites for hydroxylation is 1. The molecular formula is C51H35FN4O. The third kappa shape index (κ3) is 4.93. The smallest absolute Gasteiger partial charge is 0.150 e. The van der Waals surface area contributed by atoms with Gasteiger partial charge in [0.05, 0.1) is 27.4 Å². The fraction of sp³-hybridized carbons (Fsp3) is 0.0588. The molecule has 0 fully saturated rings. The number of fused-ring (bicyclic) bond motifs is 7. The molecule has 272 valence electrons. The van der Waals surface area contributed by atoms with Crippen molar-refractivity contribution in [1.29, 1.82) is 0 Å². The molecular weight excluding hydrogens is 704 g/mol. The maximum atomic E-state index is 16.8. The first-order chi connectivity index (χ1) is 28.1. The van der Waals surface area contributed by atoms with E-state index in [2.05, 4.69) is 106 Å². The van der Waals surface area contributed by atoms with Crippen molar-refractivity contribution >= 4 is 33.0 Å². The van der Waals surface area contributed by atoms with Crippen LogP contribution in [-0.2, 0) is 12.5 Å². The van der Waals surface area contributed by atoms with Crippen LogP contribution >= 0.6 is 0 Å². The quantitative estimate of drug-likeness (QED) is 0.171. The summed E-state index contributed by atoms with van der Waals surface area (Å²) in [6, 6.07) is 61.3. The highest BCUT2D eigenvalue weighted by atomic mass is 19.1. The average molecular weight is 739 g/mol. The van der Waals surface area contributed by atoms with Gasteiger partial charge in [-0.05, 0) is 64.7 Å². The van der Waals surface area contributed by atoms with Gasteiger partial charge in [0, 0.05) is 41.0 Å². The number of para-hydroxylation sites is 4. The molecule has 0 amide bonds. The zero-order valence-corrected chi connectivity index (χ0v) is 31.1. The lowest BCUT2D eigenvalue weighted by atomic mass is 9.64. The Morgan fingerprint density at radius 1 is 0.614 bits per heavy atom. The predicted octanol–water partition coefficient (Wildman–Crippen LogP) is 12.3. The van der Waals surface area contributed by atoms with Crippen LogP contribution in [0.15, 0.2) is 188 Å². The van der Waals surface area contributed by atoms with Gasteiger partial charge in [-0.1, -0.05) is 140 Å². The molecule has 57 heavy (non-hydrogen) atoms. The average Bonchev–Trinajstić information content (AvgIpc) is 3.81. The van der Waals surface area contributed by atoms with E-state index >= 15 is 4.39 Å². The SMILES string of the molecule is Cn1c(-c2cccc(C(F)c3cccc(-n4c5ccccc5c5c6c(cnc54)C(c4ccccc4)(c4ccccc4)c4ccccc4O6)c3)c2)nc2ccccc21. The molecule has 6 heteroatoms. The fourth-order valence-electron chi connectivity index (χ4n) is 9.06. The number of alkyl halides is 1. The molecule has 0 radical (unpaired) electrons. The van der Waals surface area contributed by atoms with Crippen LogP contribution in [0.2, 0.25) is 0 Å². The molecule has 0 aliphatic carbocycles. The van der Waals surface area contributed by atoms with Crippen molar-refractivity contribution in [3.8, 4) is 28.6 Å². The second-order valence-electron chi connectivity index (χ2n) is 14.7. The van der Waals surface area contributed by atoms with Crippen molar-refractivity contribution in [2.24, 2.45) is 7.05 Å². The summed E-state index contributed by atoms with van der Waals surface area (Å²) >= 11 is 0. The molecule has 10 aromatic rings. The van der Waals surface area contributed by atoms with Gasteiger partial charge in [-0.25, -0.2) is 14.4 Å². The Labute approximate surface area is 328 Å². The molecule has 3 aromatic heterocycles. The molecule has 7 aromatic carbocycles. The minimum absolute atomic E-state index is 0.552. The highest BCUT2D eigenvalue weighted by Crippen LogP contribution is 2.57. The molecule has 0 spiro atoms. The van der Waals surface area contributed by atoms with Gasteiger partial charge in [0.25, 0.3) is 0 Å². The Kier molecular flexibility index (Phi) is 7.48. The van der Waals surface area contributed by atoms with Gasteiger partial charge >= 0.3 is 0 Å². The van der Waals surface area contributed by atoms with Crippen LogP contribution in [0.4, 0.5) is 4.39 Å². The predicted molar refractivity (Wildman–Crippen MR) is 226 cm³/mol. The van der Waals surface area contributed by atoms with Crippen molar-refractivity contribution in [3.63, 3.8) is 0 Å². The number of hydrogen-bond donors (Lipinski definition) is 0. The summed E-state index contributed by atoms with van der Waals surface area (Å²) in [5, 5.41) is 1.91. The lowest BCUT2D eigenvalue weighted by Crippen LogP contribution is -2.34. The molecule has 1 aliphatic rings. The maximum absolute atomic E-state index is 16.8. The fourth-order valence-corrected chi connectivity index (χ4v) is 9.06. The lowest BCUT2D eigenvalue weighted by molar-refractivity contribution is 0.402. The third-order valence-electron chi connectivity index (χ3n) is 11.6. The summed E-state index contributed by atoms with van der Waals surface area (Å²) in [5.74, 6) is 2.36. The number of nitrogens with zero attached hydrogens (tertiary/aromatic N) is 4. The van der Waals surface area contributed by atoms with E-state index in [1.54, 1.807) is 0 Å². The van der Waals surface area contributed by atoms with Gasteiger partial charge in [-0.15, -0.1) is 0 Å². The van der Waals surface area contributed by atoms with E-state index in [0.29, 0.717) is 11.1 Å². The van der Waals surface area contributed by atoms with Crippen LogP contribution < -0.4 is 4.74 Å². The van der Waals surface area contributed by atoms with Crippen LogP contribution in [0.5, 0.6) is 11.5 Å². The number of hydrogen-bond acceptors (Lipinski definition) is 3. The number of halogens is 1. The first-order valence-electron chi connectivity index (χ1n) is 19.2. The molecule has 1 aliphatic heterocycles. The second kappa shape index (κ2) is 12.9. The normalized spacial score (nSPS) is 13.6. The maximum Gasteiger partial charge on any atom is 0.150 e. The standard InChI is InChI=1S/C51H35FN4O/c1-55-44-28-12-10-26-42(44)54-49(55)35-18-14-16-33(30-35)47(52)34-17-15-23-38(31-34)56-43-27-11-8-24-39(43)46-48-41(32-53-50(46)56)51(36-19-4-2-5-20-36,37-21-6-3-7-22-37)40-25-9-13-29-45(40)57-48/h2-32,47H,1H3. The van der Waals surface area contributed by atoms with E-state index in [1.165, 1.54) is 0 Å². The van der Waals surface area contributed by atoms with Crippen LogP contribution in [0.25, 0.3) is 50.0 Å². The Morgan fingerprint density at radius 3 is 2.04 bits per heavy atom. The number of benzene rings is 7. The van der Waals surface area contributed by atoms with Gasteiger partial charge in [0.2, 0.25) is 0 Å². The Balaban J connectivity index is 1.09. The monoisotopic (exact) mass is 738 g/mol. The number of pyridine rings is 1. The van der Waals surface area contributed by atoms with Gasteiger partial charge in [-0.2, -0.15) is 0 Å². The molecule has 0 saturated carbocycles. The van der Waals surface area contributed by atoms with Gasteiger partial charge in [0.1, 0.15) is 23.0 Å². The first kappa shape index (κ1) is 33.1. The zero-order valence-electron chi connectivity index (χ0n) is 31.1. The van der Waals surface area contributed by atoms with E-state index < -0.39 is 11.6 Å². The molecule has 0 N–H and O–H groups in total. The summed E-state index contributed by atoms with van der Waals surface area (Å²) < 4.78 is 28.0. The lowest BCUT2D eigenvalue weighted by Gasteiger charge is -2.41. The topological polar surface area (TPSA) is 44.9 Å². The molecule has 11 rings (SSSR count). The Morgan fingerprint density at radius 2 is 1.26 bits per heavy atom. The Bertz CT molecular complexity index is 3110. The summed E-state index contributed by atoms with van der Waals surface area (Å²) in [5.41, 5.74) is 10.0. The first-order valence-corrected chi connectivity index (χ1v) is 19.2. The highest BCUT2D eigenvalue weighted by Gasteiger charge is 2.46. The van der Waals surface area contributed by atoms with Crippen molar-refractivity contribution in [2.75, 3.05) is 0 Å². The van der Waals surface area contributed by atoms with E-state index in [0.717, 1.165) is 83.8 Å². The van der Waals surface area contributed by atoms with Gasteiger partial charge in [0.15, 0.2) is 6.17 Å². The minimum atomic E-state index is -1.37. The molecule has 0 saturated heterocycles. The summed E-state index contributed by atoms with van der Waals surface area (Å²) in [4.78, 5) is 10.2. The van der Waals surface area contributed by atoms with E-state index in [4.69, 9.17) is 14.7 Å². The van der Waals surface area contributed by atoms with E-state index in [1.807, 2.05) is 98.2 Å². The third-order valence-corrected chi connectivity index (χ3v) is 11.6. The van der Waals surface area contributed by atoms with Crippen LogP contribution in [-0.4, -0.2) is 19.1 Å². The van der Waals surface area contributed by atoms with Gasteiger partial charge in [-0.3, -0.25) is 4.57 Å². The summed E-state index contributed by atoms with van der Waals surface area (Å²) in [7, 11) is 2.00.